The Morgan fingerprint density at radius 3 is 2.46 bits per heavy atom. The van der Waals surface area contributed by atoms with Crippen LogP contribution in [-0.4, -0.2) is 63.4 Å². The van der Waals surface area contributed by atoms with Gasteiger partial charge in [-0.2, -0.15) is 0 Å². The summed E-state index contributed by atoms with van der Waals surface area (Å²) in [5.74, 6) is 1.77. The van der Waals surface area contributed by atoms with Gasteiger partial charge in [0.05, 0.1) is 13.2 Å². The van der Waals surface area contributed by atoms with E-state index in [1.807, 2.05) is 12.1 Å². The summed E-state index contributed by atoms with van der Waals surface area (Å²) in [5.41, 5.74) is 1.17. The first kappa shape index (κ1) is 25.0. The van der Waals surface area contributed by atoms with Crippen molar-refractivity contribution in [2.24, 2.45) is 4.99 Å². The third kappa shape index (κ3) is 9.43. The van der Waals surface area contributed by atoms with Crippen molar-refractivity contribution in [3.63, 3.8) is 0 Å². The first-order valence-electron chi connectivity index (χ1n) is 10.2. The molecule has 0 aliphatic carbocycles. The Bertz CT molecular complexity index is 546. The van der Waals surface area contributed by atoms with Gasteiger partial charge in [0.1, 0.15) is 12.4 Å². The normalized spacial score (nSPS) is 15.8. The summed E-state index contributed by atoms with van der Waals surface area (Å²) in [5, 5.41) is 6.98. The maximum atomic E-state index is 5.60. The van der Waals surface area contributed by atoms with Crippen LogP contribution >= 0.6 is 24.0 Å². The van der Waals surface area contributed by atoms with Crippen LogP contribution in [0.2, 0.25) is 0 Å². The summed E-state index contributed by atoms with van der Waals surface area (Å²) in [6.45, 7) is 10.6. The van der Waals surface area contributed by atoms with Crippen LogP contribution in [0.3, 0.4) is 0 Å². The predicted octanol–water partition coefficient (Wildman–Crippen LogP) is 3.26. The number of hydrogen-bond donors (Lipinski definition) is 2. The molecule has 1 aliphatic rings. The first-order chi connectivity index (χ1) is 13.2. The van der Waals surface area contributed by atoms with Gasteiger partial charge in [-0.05, 0) is 50.4 Å². The van der Waals surface area contributed by atoms with Gasteiger partial charge < -0.3 is 25.0 Å². The zero-order chi connectivity index (χ0) is 19.3. The molecule has 0 spiro atoms. The molecule has 1 fully saturated rings. The minimum atomic E-state index is 0. The molecule has 2 rings (SSSR count). The molecular formula is C21H37IN4O2. The summed E-state index contributed by atoms with van der Waals surface area (Å²) in [7, 11) is 1.68. The number of nitrogens with zero attached hydrogens (tertiary/aromatic N) is 2. The summed E-state index contributed by atoms with van der Waals surface area (Å²) in [6, 6.07) is 8.62. The lowest BCUT2D eigenvalue weighted by Gasteiger charge is -2.32. The minimum Gasteiger partial charge on any atom is -0.491 e. The lowest BCUT2D eigenvalue weighted by molar-refractivity contribution is 0.146. The molecule has 1 aromatic rings. The average Bonchev–Trinajstić information content (AvgIpc) is 2.69. The van der Waals surface area contributed by atoms with Gasteiger partial charge in [-0.25, -0.2) is 4.99 Å². The van der Waals surface area contributed by atoms with Crippen molar-refractivity contribution in [1.82, 2.24) is 15.5 Å². The highest BCUT2D eigenvalue weighted by molar-refractivity contribution is 14.0. The Hall–Kier alpha value is -1.06. The van der Waals surface area contributed by atoms with Crippen molar-refractivity contribution in [3.05, 3.63) is 29.8 Å². The molecule has 1 aromatic carbocycles. The van der Waals surface area contributed by atoms with Gasteiger partial charge in [0.2, 0.25) is 0 Å². The van der Waals surface area contributed by atoms with Crippen LogP contribution in [0.25, 0.3) is 0 Å². The molecule has 28 heavy (non-hydrogen) atoms. The Kier molecular flexibility index (Phi) is 13.3. The van der Waals surface area contributed by atoms with Crippen LogP contribution in [0.5, 0.6) is 5.75 Å². The molecule has 2 N–H and O–H groups in total. The zero-order valence-electron chi connectivity index (χ0n) is 17.6. The number of halogens is 1. The molecule has 1 aliphatic heterocycles. The number of rotatable bonds is 10. The van der Waals surface area contributed by atoms with E-state index in [4.69, 9.17) is 14.5 Å². The zero-order valence-corrected chi connectivity index (χ0v) is 19.9. The lowest BCUT2D eigenvalue weighted by Crippen LogP contribution is -2.48. The van der Waals surface area contributed by atoms with Crippen LogP contribution < -0.4 is 15.4 Å². The molecule has 6 nitrogen and oxygen atoms in total. The highest BCUT2D eigenvalue weighted by Crippen LogP contribution is 2.13. The van der Waals surface area contributed by atoms with Crippen molar-refractivity contribution in [2.45, 2.75) is 45.7 Å². The van der Waals surface area contributed by atoms with E-state index in [0.717, 1.165) is 18.3 Å². The van der Waals surface area contributed by atoms with E-state index in [0.29, 0.717) is 25.8 Å². The average molecular weight is 504 g/mol. The highest BCUT2D eigenvalue weighted by atomic mass is 127. The van der Waals surface area contributed by atoms with E-state index in [2.05, 4.69) is 41.5 Å². The van der Waals surface area contributed by atoms with E-state index in [1.54, 1.807) is 7.11 Å². The maximum absolute atomic E-state index is 5.60. The summed E-state index contributed by atoms with van der Waals surface area (Å²) in [4.78, 5) is 7.31. The van der Waals surface area contributed by atoms with Crippen LogP contribution in [0.15, 0.2) is 29.3 Å². The molecule has 0 atom stereocenters. The number of guanidine groups is 1. The van der Waals surface area contributed by atoms with E-state index in [-0.39, 0.29) is 24.0 Å². The Balaban J connectivity index is 0.00000392. The standard InChI is InChI=1S/C21H36N4O2.HI/c1-4-12-25-13-10-19(11-14-25)24-21(22-5-2)23-17-18-6-8-20(9-7-18)27-16-15-26-3;/h6-9,19H,4-5,10-17H2,1-3H3,(H2,22,23,24);1H. The molecule has 0 bridgehead atoms. The fourth-order valence-corrected chi connectivity index (χ4v) is 3.23. The summed E-state index contributed by atoms with van der Waals surface area (Å²) in [6.07, 6.45) is 3.59. The van der Waals surface area contributed by atoms with Crippen molar-refractivity contribution in [2.75, 3.05) is 46.5 Å². The number of nitrogens with one attached hydrogen (secondary N) is 2. The molecular weight excluding hydrogens is 467 g/mol. The van der Waals surface area contributed by atoms with Gasteiger partial charge in [-0.15, -0.1) is 24.0 Å². The predicted molar refractivity (Wildman–Crippen MR) is 127 cm³/mol. The second kappa shape index (κ2) is 14.9. The Morgan fingerprint density at radius 2 is 1.86 bits per heavy atom. The van der Waals surface area contributed by atoms with E-state index in [1.165, 1.54) is 44.5 Å². The number of aliphatic imine (C=N–C) groups is 1. The number of hydrogen-bond acceptors (Lipinski definition) is 4. The van der Waals surface area contributed by atoms with Gasteiger partial charge >= 0.3 is 0 Å². The van der Waals surface area contributed by atoms with Gasteiger partial charge in [0, 0.05) is 32.8 Å². The monoisotopic (exact) mass is 504 g/mol. The van der Waals surface area contributed by atoms with Crippen molar-refractivity contribution in [3.8, 4) is 5.75 Å². The van der Waals surface area contributed by atoms with Crippen LogP contribution in [-0.2, 0) is 11.3 Å². The van der Waals surface area contributed by atoms with E-state index in [9.17, 15) is 0 Å². The molecule has 0 radical (unpaired) electrons. The third-order valence-electron chi connectivity index (χ3n) is 4.71. The third-order valence-corrected chi connectivity index (χ3v) is 4.71. The molecule has 0 aromatic heterocycles. The fraction of sp³-hybridized carbons (Fsp3) is 0.667. The van der Waals surface area contributed by atoms with Gasteiger partial charge in [0.15, 0.2) is 5.96 Å². The minimum absolute atomic E-state index is 0. The SMILES string of the molecule is CCCN1CCC(NC(=NCc2ccc(OCCOC)cc2)NCC)CC1.I. The lowest BCUT2D eigenvalue weighted by atomic mass is 10.1. The van der Waals surface area contributed by atoms with Crippen LogP contribution in [0, 0.1) is 0 Å². The molecule has 160 valence electrons. The highest BCUT2D eigenvalue weighted by Gasteiger charge is 2.19. The topological polar surface area (TPSA) is 58.1 Å². The molecule has 1 heterocycles. The van der Waals surface area contributed by atoms with Gasteiger partial charge in [0.25, 0.3) is 0 Å². The van der Waals surface area contributed by atoms with Crippen LogP contribution in [0.1, 0.15) is 38.7 Å². The molecule has 7 heteroatoms. The fourth-order valence-electron chi connectivity index (χ4n) is 3.23. The molecule has 0 amide bonds. The molecule has 0 saturated carbocycles. The second-order valence-corrected chi connectivity index (χ2v) is 6.94. The van der Waals surface area contributed by atoms with Crippen LogP contribution in [0.4, 0.5) is 0 Å². The van der Waals surface area contributed by atoms with Crippen molar-refractivity contribution in [1.29, 1.82) is 0 Å². The van der Waals surface area contributed by atoms with Crippen molar-refractivity contribution < 1.29 is 9.47 Å². The summed E-state index contributed by atoms with van der Waals surface area (Å²) < 4.78 is 10.6. The number of ether oxygens (including phenoxy) is 2. The number of benzene rings is 1. The van der Waals surface area contributed by atoms with Crippen molar-refractivity contribution >= 4 is 29.9 Å². The first-order valence-corrected chi connectivity index (χ1v) is 10.2. The summed E-state index contributed by atoms with van der Waals surface area (Å²) >= 11 is 0. The molecule has 0 unspecified atom stereocenters. The quantitative estimate of drug-likeness (QED) is 0.222. The van der Waals surface area contributed by atoms with Gasteiger partial charge in [-0.3, -0.25) is 0 Å². The maximum Gasteiger partial charge on any atom is 0.191 e. The van der Waals surface area contributed by atoms with Gasteiger partial charge in [-0.1, -0.05) is 19.1 Å². The Morgan fingerprint density at radius 1 is 1.14 bits per heavy atom. The number of methoxy groups -OCH3 is 1. The largest absolute Gasteiger partial charge is 0.491 e. The molecule has 1 saturated heterocycles. The Labute approximate surface area is 187 Å². The number of piperidine rings is 1. The smallest absolute Gasteiger partial charge is 0.191 e. The van der Waals surface area contributed by atoms with E-state index < -0.39 is 0 Å². The number of likely N-dealkylation sites (tertiary alicyclic amines) is 1. The van der Waals surface area contributed by atoms with E-state index >= 15 is 0 Å². The second-order valence-electron chi connectivity index (χ2n) is 6.94.